The highest BCUT2D eigenvalue weighted by Gasteiger charge is 2.22. The summed E-state index contributed by atoms with van der Waals surface area (Å²) in [4.78, 5) is 24.7. The lowest BCUT2D eigenvalue weighted by Crippen LogP contribution is -2.33. The maximum atomic E-state index is 13.4. The quantitative estimate of drug-likeness (QED) is 0.732. The molecule has 4 nitrogen and oxygen atoms in total. The van der Waals surface area contributed by atoms with E-state index in [0.29, 0.717) is 5.56 Å². The van der Waals surface area contributed by atoms with E-state index in [1.54, 1.807) is 30.8 Å². The van der Waals surface area contributed by atoms with Crippen molar-refractivity contribution in [2.75, 3.05) is 6.26 Å². The SMILES string of the molecule is CSc1ccc(C(CC(=O)O)NC(=O)C(C)c2cccc(F)c2)cc1. The second-order valence-electron chi connectivity index (χ2n) is 5.71. The highest BCUT2D eigenvalue weighted by atomic mass is 32.2. The van der Waals surface area contributed by atoms with Crippen LogP contribution in [0.25, 0.3) is 0 Å². The summed E-state index contributed by atoms with van der Waals surface area (Å²) in [6, 6.07) is 12.6. The Balaban J connectivity index is 2.17. The Morgan fingerprint density at radius 3 is 2.40 bits per heavy atom. The normalized spacial score (nSPS) is 13.1. The molecule has 0 aliphatic heterocycles. The topological polar surface area (TPSA) is 66.4 Å². The van der Waals surface area contributed by atoms with Crippen LogP contribution in [-0.2, 0) is 9.59 Å². The minimum absolute atomic E-state index is 0.222. The van der Waals surface area contributed by atoms with Gasteiger partial charge >= 0.3 is 5.97 Å². The summed E-state index contributed by atoms with van der Waals surface area (Å²) in [5, 5.41) is 11.9. The molecule has 0 saturated carbocycles. The summed E-state index contributed by atoms with van der Waals surface area (Å²) in [6.45, 7) is 1.67. The lowest BCUT2D eigenvalue weighted by molar-refractivity contribution is -0.137. The number of carboxylic acid groups (broad SMARTS) is 1. The first-order valence-corrected chi connectivity index (χ1v) is 9.04. The zero-order valence-corrected chi connectivity index (χ0v) is 14.8. The van der Waals surface area contributed by atoms with Crippen LogP contribution in [0.3, 0.4) is 0 Å². The summed E-state index contributed by atoms with van der Waals surface area (Å²) < 4.78 is 13.4. The number of carbonyl (C=O) groups excluding carboxylic acids is 1. The van der Waals surface area contributed by atoms with Gasteiger partial charge in [0.15, 0.2) is 0 Å². The van der Waals surface area contributed by atoms with Crippen LogP contribution < -0.4 is 5.32 Å². The van der Waals surface area contributed by atoms with Crippen LogP contribution in [0, 0.1) is 5.82 Å². The van der Waals surface area contributed by atoms with Crippen molar-refractivity contribution < 1.29 is 19.1 Å². The van der Waals surface area contributed by atoms with Gasteiger partial charge in [0.2, 0.25) is 5.91 Å². The van der Waals surface area contributed by atoms with Crippen LogP contribution in [0.4, 0.5) is 4.39 Å². The number of aliphatic carboxylic acids is 1. The number of nitrogens with one attached hydrogen (secondary N) is 1. The molecule has 0 fully saturated rings. The number of carbonyl (C=O) groups is 2. The molecular weight excluding hydrogens is 341 g/mol. The minimum atomic E-state index is -1.00. The fourth-order valence-corrected chi connectivity index (χ4v) is 2.90. The molecule has 25 heavy (non-hydrogen) atoms. The molecule has 132 valence electrons. The predicted molar refractivity (Wildman–Crippen MR) is 96.2 cm³/mol. The van der Waals surface area contributed by atoms with E-state index in [0.717, 1.165) is 10.5 Å². The average Bonchev–Trinajstić information content (AvgIpc) is 2.60. The van der Waals surface area contributed by atoms with Crippen molar-refractivity contribution in [2.45, 2.75) is 30.2 Å². The van der Waals surface area contributed by atoms with Crippen LogP contribution in [0.1, 0.15) is 36.4 Å². The molecular formula is C19H20FNO3S. The lowest BCUT2D eigenvalue weighted by atomic mass is 9.98. The first-order valence-electron chi connectivity index (χ1n) is 7.82. The molecule has 0 aromatic heterocycles. The molecule has 2 N–H and O–H groups in total. The van der Waals surface area contributed by atoms with E-state index in [-0.39, 0.29) is 12.3 Å². The van der Waals surface area contributed by atoms with Crippen molar-refractivity contribution in [1.29, 1.82) is 0 Å². The highest BCUT2D eigenvalue weighted by molar-refractivity contribution is 7.98. The van der Waals surface area contributed by atoms with E-state index in [1.807, 2.05) is 30.5 Å². The molecule has 0 bridgehead atoms. The Hall–Kier alpha value is -2.34. The van der Waals surface area contributed by atoms with Gasteiger partial charge in [0.25, 0.3) is 0 Å². The van der Waals surface area contributed by atoms with Gasteiger partial charge in [-0.1, -0.05) is 24.3 Å². The van der Waals surface area contributed by atoms with Gasteiger partial charge in [-0.2, -0.15) is 0 Å². The van der Waals surface area contributed by atoms with E-state index in [4.69, 9.17) is 5.11 Å². The Kier molecular flexibility index (Phi) is 6.58. The van der Waals surface area contributed by atoms with Crippen molar-refractivity contribution in [3.8, 4) is 0 Å². The molecule has 0 radical (unpaired) electrons. The summed E-state index contributed by atoms with van der Waals surface area (Å²) in [5.41, 5.74) is 1.27. The van der Waals surface area contributed by atoms with Gasteiger partial charge in [0.1, 0.15) is 5.82 Å². The van der Waals surface area contributed by atoms with Crippen LogP contribution in [0.5, 0.6) is 0 Å². The Morgan fingerprint density at radius 1 is 1.16 bits per heavy atom. The monoisotopic (exact) mass is 361 g/mol. The van der Waals surface area contributed by atoms with Crippen molar-refractivity contribution in [3.05, 3.63) is 65.5 Å². The van der Waals surface area contributed by atoms with Gasteiger partial charge in [-0.25, -0.2) is 4.39 Å². The number of thioether (sulfide) groups is 1. The third-order valence-corrected chi connectivity index (χ3v) is 4.70. The summed E-state index contributed by atoms with van der Waals surface area (Å²) in [6.07, 6.45) is 1.73. The molecule has 2 rings (SSSR count). The molecule has 0 heterocycles. The van der Waals surface area contributed by atoms with E-state index < -0.39 is 23.7 Å². The molecule has 2 unspecified atom stereocenters. The molecule has 2 aromatic carbocycles. The van der Waals surface area contributed by atoms with E-state index >= 15 is 0 Å². The number of halogens is 1. The zero-order valence-electron chi connectivity index (χ0n) is 14.0. The summed E-state index contributed by atoms with van der Waals surface area (Å²) in [7, 11) is 0. The van der Waals surface area contributed by atoms with Crippen LogP contribution in [-0.4, -0.2) is 23.2 Å². The van der Waals surface area contributed by atoms with Gasteiger partial charge in [-0.05, 0) is 48.6 Å². The van der Waals surface area contributed by atoms with E-state index in [1.165, 1.54) is 12.1 Å². The number of amides is 1. The van der Waals surface area contributed by atoms with Gasteiger partial charge in [-0.3, -0.25) is 9.59 Å². The van der Waals surface area contributed by atoms with Gasteiger partial charge in [0, 0.05) is 4.90 Å². The summed E-state index contributed by atoms with van der Waals surface area (Å²) >= 11 is 1.58. The standard InChI is InChI=1S/C19H20FNO3S/c1-12(14-4-3-5-15(20)10-14)19(24)21-17(11-18(22)23)13-6-8-16(25-2)9-7-13/h3-10,12,17H,11H2,1-2H3,(H,21,24)(H,22,23). The Labute approximate surface area is 150 Å². The number of rotatable bonds is 7. The number of hydrogen-bond acceptors (Lipinski definition) is 3. The molecule has 0 saturated heterocycles. The molecule has 2 aromatic rings. The Morgan fingerprint density at radius 2 is 1.84 bits per heavy atom. The fourth-order valence-electron chi connectivity index (χ4n) is 2.49. The maximum absolute atomic E-state index is 13.4. The van der Waals surface area contributed by atoms with E-state index in [9.17, 15) is 14.0 Å². The second-order valence-corrected chi connectivity index (χ2v) is 6.59. The van der Waals surface area contributed by atoms with Gasteiger partial charge in [0.05, 0.1) is 18.4 Å². The van der Waals surface area contributed by atoms with Crippen molar-refractivity contribution in [2.24, 2.45) is 0 Å². The van der Waals surface area contributed by atoms with Crippen molar-refractivity contribution in [1.82, 2.24) is 5.32 Å². The van der Waals surface area contributed by atoms with E-state index in [2.05, 4.69) is 5.32 Å². The third kappa shape index (κ3) is 5.32. The van der Waals surface area contributed by atoms with Gasteiger partial charge in [-0.15, -0.1) is 11.8 Å². The molecule has 6 heteroatoms. The minimum Gasteiger partial charge on any atom is -0.481 e. The van der Waals surface area contributed by atoms with Gasteiger partial charge < -0.3 is 10.4 Å². The first-order chi connectivity index (χ1) is 11.9. The molecule has 0 aliphatic rings. The average molecular weight is 361 g/mol. The number of hydrogen-bond donors (Lipinski definition) is 2. The largest absolute Gasteiger partial charge is 0.481 e. The van der Waals surface area contributed by atoms with Crippen LogP contribution in [0.15, 0.2) is 53.4 Å². The maximum Gasteiger partial charge on any atom is 0.305 e. The molecule has 1 amide bonds. The molecule has 0 aliphatic carbocycles. The number of benzene rings is 2. The van der Waals surface area contributed by atoms with Crippen molar-refractivity contribution in [3.63, 3.8) is 0 Å². The van der Waals surface area contributed by atoms with Crippen LogP contribution >= 0.6 is 11.8 Å². The fraction of sp³-hybridized carbons (Fsp3) is 0.263. The number of carboxylic acids is 1. The zero-order chi connectivity index (χ0) is 18.4. The Bertz CT molecular complexity index is 749. The predicted octanol–water partition coefficient (Wildman–Crippen LogP) is 3.98. The molecule has 2 atom stereocenters. The third-order valence-electron chi connectivity index (χ3n) is 3.96. The summed E-state index contributed by atoms with van der Waals surface area (Å²) in [5.74, 6) is -2.34. The highest BCUT2D eigenvalue weighted by Crippen LogP contribution is 2.23. The molecule has 0 spiro atoms. The van der Waals surface area contributed by atoms with Crippen molar-refractivity contribution >= 4 is 23.6 Å². The second kappa shape index (κ2) is 8.67. The lowest BCUT2D eigenvalue weighted by Gasteiger charge is -2.21. The van der Waals surface area contributed by atoms with Crippen LogP contribution in [0.2, 0.25) is 0 Å². The first kappa shape index (κ1) is 19.0. The smallest absolute Gasteiger partial charge is 0.305 e.